The van der Waals surface area contributed by atoms with Crippen LogP contribution >= 0.6 is 0 Å². The first-order chi connectivity index (χ1) is 16.6. The van der Waals surface area contributed by atoms with Gasteiger partial charge in [-0.05, 0) is 62.6 Å². The summed E-state index contributed by atoms with van der Waals surface area (Å²) in [6.07, 6.45) is 5.53. The molecule has 0 spiro atoms. The third-order valence-electron chi connectivity index (χ3n) is 7.49. The van der Waals surface area contributed by atoms with Gasteiger partial charge in [0.25, 0.3) is 0 Å². The lowest BCUT2D eigenvalue weighted by atomic mass is 9.94. The molecule has 0 bridgehead atoms. The van der Waals surface area contributed by atoms with E-state index in [2.05, 4.69) is 30.7 Å². The second-order valence-corrected chi connectivity index (χ2v) is 13.4. The Morgan fingerprint density at radius 1 is 1.14 bits per heavy atom. The fraction of sp³-hybridized carbons (Fsp3) is 0.704. The molecule has 1 aliphatic carbocycles. The predicted molar refractivity (Wildman–Crippen MR) is 141 cm³/mol. The van der Waals surface area contributed by atoms with Crippen LogP contribution in [-0.4, -0.2) is 60.5 Å². The van der Waals surface area contributed by atoms with Crippen LogP contribution in [0.25, 0.3) is 11.0 Å². The number of amides is 1. The molecular formula is C27H42N4O4S. The Kier molecular flexibility index (Phi) is 7.84. The quantitative estimate of drug-likeness (QED) is 0.622. The number of rotatable bonds is 6. The maximum Gasteiger partial charge on any atom is 0.243 e. The molecule has 3 heterocycles. The zero-order chi connectivity index (χ0) is 24.8. The Hall–Kier alpha value is -1.97. The van der Waals surface area contributed by atoms with Crippen molar-refractivity contribution in [2.75, 3.05) is 26.3 Å². The number of piperidine rings is 1. The Bertz CT molecular complexity index is 1190. The van der Waals surface area contributed by atoms with E-state index in [0.717, 1.165) is 63.2 Å². The maximum atomic E-state index is 13.6. The molecular weight excluding hydrogens is 476 g/mol. The van der Waals surface area contributed by atoms with Crippen molar-refractivity contribution in [1.29, 1.82) is 0 Å². The summed E-state index contributed by atoms with van der Waals surface area (Å²) in [5.41, 5.74) is 1.52. The minimum absolute atomic E-state index is 0. The summed E-state index contributed by atoms with van der Waals surface area (Å²) >= 11 is 0. The van der Waals surface area contributed by atoms with Gasteiger partial charge in [-0.1, -0.05) is 28.2 Å². The average Bonchev–Trinajstić information content (AvgIpc) is 3.57. The molecule has 2 aliphatic heterocycles. The average molecular weight is 519 g/mol. The van der Waals surface area contributed by atoms with Crippen LogP contribution in [0.15, 0.2) is 23.1 Å². The van der Waals surface area contributed by atoms with Crippen LogP contribution in [0.3, 0.4) is 0 Å². The number of benzene rings is 1. The van der Waals surface area contributed by atoms with Crippen molar-refractivity contribution in [3.05, 3.63) is 24.0 Å². The smallest absolute Gasteiger partial charge is 0.243 e. The van der Waals surface area contributed by atoms with E-state index in [1.54, 1.807) is 12.1 Å². The van der Waals surface area contributed by atoms with E-state index in [1.165, 1.54) is 4.31 Å². The van der Waals surface area contributed by atoms with E-state index in [9.17, 15) is 13.2 Å². The van der Waals surface area contributed by atoms with Crippen molar-refractivity contribution in [2.45, 2.75) is 89.6 Å². The van der Waals surface area contributed by atoms with Gasteiger partial charge in [-0.3, -0.25) is 4.79 Å². The van der Waals surface area contributed by atoms with Crippen molar-refractivity contribution in [2.24, 2.45) is 11.8 Å². The van der Waals surface area contributed by atoms with E-state index < -0.39 is 10.0 Å². The van der Waals surface area contributed by atoms with Gasteiger partial charge in [-0.15, -0.1) is 0 Å². The molecule has 1 N–H and O–H groups in total. The van der Waals surface area contributed by atoms with E-state index in [1.807, 2.05) is 6.07 Å². The normalized spacial score (nSPS) is 22.4. The third kappa shape index (κ3) is 5.63. The molecule has 3 aliphatic rings. The van der Waals surface area contributed by atoms with Crippen LogP contribution in [0.5, 0.6) is 0 Å². The summed E-state index contributed by atoms with van der Waals surface area (Å²) in [6.45, 7) is 9.57. The first-order valence-corrected chi connectivity index (χ1v) is 14.5. The van der Waals surface area contributed by atoms with Crippen molar-refractivity contribution in [3.8, 4) is 0 Å². The largest absolute Gasteiger partial charge is 0.381 e. The molecule has 8 nitrogen and oxygen atoms in total. The maximum absolute atomic E-state index is 13.6. The van der Waals surface area contributed by atoms with Crippen molar-refractivity contribution in [1.82, 2.24) is 19.2 Å². The topological polar surface area (TPSA) is 93.5 Å². The number of hydrogen-bond acceptors (Lipinski definition) is 5. The molecule has 36 heavy (non-hydrogen) atoms. The summed E-state index contributed by atoms with van der Waals surface area (Å²) in [6, 6.07) is 5.62. The lowest BCUT2D eigenvalue weighted by Gasteiger charge is -2.31. The van der Waals surface area contributed by atoms with Crippen molar-refractivity contribution in [3.63, 3.8) is 0 Å². The number of nitrogens with zero attached hydrogens (tertiary/aromatic N) is 3. The molecule has 1 atom stereocenters. The van der Waals surface area contributed by atoms with Gasteiger partial charge in [0, 0.05) is 44.3 Å². The number of ether oxygens (including phenoxy) is 1. The Labute approximate surface area is 215 Å². The molecule has 5 rings (SSSR count). The second kappa shape index (κ2) is 10.4. The monoisotopic (exact) mass is 518 g/mol. The van der Waals surface area contributed by atoms with Crippen LogP contribution < -0.4 is 5.32 Å². The number of carbonyl (C=O) groups is 1. The van der Waals surface area contributed by atoms with E-state index in [-0.39, 0.29) is 42.1 Å². The number of nitrogens with one attached hydrogen (secondary N) is 1. The van der Waals surface area contributed by atoms with Crippen LogP contribution in [0.4, 0.5) is 0 Å². The minimum atomic E-state index is -3.71. The van der Waals surface area contributed by atoms with Crippen molar-refractivity contribution < 1.29 is 17.9 Å². The summed E-state index contributed by atoms with van der Waals surface area (Å²) in [4.78, 5) is 17.8. The van der Waals surface area contributed by atoms with Gasteiger partial charge in [0.1, 0.15) is 5.82 Å². The molecule has 1 aromatic heterocycles. The first-order valence-electron chi connectivity index (χ1n) is 13.0. The SMILES string of the molecule is C.CC(C)(C)c1nc2cc(S(=O)(=O)N3CCC[C@@H](C(=O)NC4CC4)C3)ccc2n1CC1CCOCC1. The van der Waals surface area contributed by atoms with Gasteiger partial charge in [0.05, 0.1) is 21.8 Å². The highest BCUT2D eigenvalue weighted by Gasteiger charge is 2.35. The fourth-order valence-corrected chi connectivity index (χ4v) is 6.83. The molecule has 200 valence electrons. The molecule has 3 fully saturated rings. The Morgan fingerprint density at radius 3 is 2.53 bits per heavy atom. The van der Waals surface area contributed by atoms with Crippen LogP contribution in [0.1, 0.15) is 72.5 Å². The fourth-order valence-electron chi connectivity index (χ4n) is 5.29. The Morgan fingerprint density at radius 2 is 1.86 bits per heavy atom. The van der Waals surface area contributed by atoms with Gasteiger partial charge in [0.2, 0.25) is 15.9 Å². The van der Waals surface area contributed by atoms with Gasteiger partial charge in [-0.2, -0.15) is 4.31 Å². The summed E-state index contributed by atoms with van der Waals surface area (Å²) < 4.78 is 36.5. The Balaban J connectivity index is 0.00000304. The molecule has 0 unspecified atom stereocenters. The number of sulfonamides is 1. The van der Waals surface area contributed by atoms with Gasteiger partial charge < -0.3 is 14.6 Å². The number of aromatic nitrogens is 2. The zero-order valence-electron chi connectivity index (χ0n) is 21.1. The molecule has 2 aromatic rings. The lowest BCUT2D eigenvalue weighted by molar-refractivity contribution is -0.126. The highest BCUT2D eigenvalue weighted by Crippen LogP contribution is 2.32. The van der Waals surface area contributed by atoms with E-state index in [4.69, 9.17) is 9.72 Å². The van der Waals surface area contributed by atoms with Gasteiger partial charge >= 0.3 is 0 Å². The second-order valence-electron chi connectivity index (χ2n) is 11.5. The van der Waals surface area contributed by atoms with E-state index >= 15 is 0 Å². The summed E-state index contributed by atoms with van der Waals surface area (Å²) in [7, 11) is -3.71. The third-order valence-corrected chi connectivity index (χ3v) is 9.35. The van der Waals surface area contributed by atoms with Gasteiger partial charge in [0.15, 0.2) is 0 Å². The highest BCUT2D eigenvalue weighted by atomic mass is 32.2. The number of carbonyl (C=O) groups excluding carboxylic acids is 1. The minimum Gasteiger partial charge on any atom is -0.381 e. The molecule has 0 radical (unpaired) electrons. The van der Waals surface area contributed by atoms with Gasteiger partial charge in [-0.25, -0.2) is 13.4 Å². The molecule has 1 amide bonds. The number of fused-ring (bicyclic) bond motifs is 1. The predicted octanol–water partition coefficient (Wildman–Crippen LogP) is 4.08. The standard InChI is InChI=1S/C26H38N4O4S.CH4/c1-26(2,3)25-28-22-15-21(8-9-23(22)30(25)16-18-10-13-34-14-11-18)35(32,33)29-12-4-5-19(17-29)24(31)27-20-6-7-20;/h8-9,15,18-20H,4-7,10-14,16-17H2,1-3H3,(H,27,31);1H4/t19-;/m1./s1. The molecule has 9 heteroatoms. The van der Waals surface area contributed by atoms with Crippen LogP contribution in [0, 0.1) is 11.8 Å². The number of imidazole rings is 1. The summed E-state index contributed by atoms with van der Waals surface area (Å²) in [5.74, 6) is 1.21. The van der Waals surface area contributed by atoms with E-state index in [0.29, 0.717) is 24.4 Å². The molecule has 2 saturated heterocycles. The zero-order valence-corrected chi connectivity index (χ0v) is 21.9. The molecule has 1 aromatic carbocycles. The molecule has 1 saturated carbocycles. The first kappa shape index (κ1) is 27.1. The highest BCUT2D eigenvalue weighted by molar-refractivity contribution is 7.89. The summed E-state index contributed by atoms with van der Waals surface area (Å²) in [5, 5.41) is 3.03. The lowest BCUT2D eigenvalue weighted by Crippen LogP contribution is -2.45. The number of hydrogen-bond donors (Lipinski definition) is 1. The van der Waals surface area contributed by atoms with Crippen LogP contribution in [0.2, 0.25) is 0 Å². The van der Waals surface area contributed by atoms with Crippen LogP contribution in [-0.2, 0) is 31.5 Å². The van der Waals surface area contributed by atoms with Crippen molar-refractivity contribution >= 4 is 27.0 Å².